The summed E-state index contributed by atoms with van der Waals surface area (Å²) in [7, 11) is 0. The molecule has 0 N–H and O–H groups in total. The molecule has 2 heteroatoms. The Morgan fingerprint density at radius 2 is 0.900 bits per heavy atom. The normalized spacial score (nSPS) is 11.5. The number of nitrogens with zero attached hydrogens (tertiary/aromatic N) is 2. The highest BCUT2D eigenvalue weighted by Crippen LogP contribution is 2.46. The number of aromatic nitrogens is 2. The second-order valence-electron chi connectivity index (χ2n) is 10.2. The summed E-state index contributed by atoms with van der Waals surface area (Å²) in [4.78, 5) is 9.36. The SMILES string of the molecule is c1cc(-c2ccncc2)nc(-c2c3ccccc3c(-c3cc4ccccc4c4ccccc34)c3ccccc23)c1. The molecule has 0 bridgehead atoms. The lowest BCUT2D eigenvalue weighted by atomic mass is 9.84. The van der Waals surface area contributed by atoms with Crippen LogP contribution in [0.4, 0.5) is 0 Å². The summed E-state index contributed by atoms with van der Waals surface area (Å²) in [6, 6.07) is 47.7. The summed E-state index contributed by atoms with van der Waals surface area (Å²) in [6.07, 6.45) is 3.63. The van der Waals surface area contributed by atoms with Crippen molar-refractivity contribution in [2.75, 3.05) is 0 Å². The van der Waals surface area contributed by atoms with E-state index in [1.165, 1.54) is 54.2 Å². The van der Waals surface area contributed by atoms with Crippen molar-refractivity contribution in [2.45, 2.75) is 0 Å². The van der Waals surface area contributed by atoms with E-state index in [1.807, 2.05) is 24.5 Å². The quantitative estimate of drug-likeness (QED) is 0.175. The van der Waals surface area contributed by atoms with E-state index in [-0.39, 0.29) is 0 Å². The fourth-order valence-electron chi connectivity index (χ4n) is 6.21. The van der Waals surface area contributed by atoms with Crippen molar-refractivity contribution >= 4 is 43.1 Å². The lowest BCUT2D eigenvalue weighted by Crippen LogP contribution is -1.94. The van der Waals surface area contributed by atoms with Gasteiger partial charge in [-0.3, -0.25) is 4.98 Å². The first-order valence-corrected chi connectivity index (χ1v) is 13.6. The highest BCUT2D eigenvalue weighted by molar-refractivity contribution is 6.25. The predicted octanol–water partition coefficient (Wildman–Crippen LogP) is 10.1. The Hall–Kier alpha value is -5.34. The maximum absolute atomic E-state index is 5.18. The van der Waals surface area contributed by atoms with Gasteiger partial charge in [0.25, 0.3) is 0 Å². The van der Waals surface area contributed by atoms with Crippen molar-refractivity contribution in [3.8, 4) is 33.6 Å². The van der Waals surface area contributed by atoms with Crippen LogP contribution in [0.5, 0.6) is 0 Å². The molecule has 186 valence electrons. The van der Waals surface area contributed by atoms with E-state index in [0.29, 0.717) is 0 Å². The van der Waals surface area contributed by atoms with Crippen molar-refractivity contribution in [3.63, 3.8) is 0 Å². The zero-order valence-electron chi connectivity index (χ0n) is 21.8. The molecule has 0 aliphatic carbocycles. The summed E-state index contributed by atoms with van der Waals surface area (Å²) in [5, 5.41) is 9.94. The van der Waals surface area contributed by atoms with Crippen LogP contribution in [0.3, 0.4) is 0 Å². The molecule has 40 heavy (non-hydrogen) atoms. The van der Waals surface area contributed by atoms with Gasteiger partial charge < -0.3 is 0 Å². The van der Waals surface area contributed by atoms with Gasteiger partial charge in [0.05, 0.1) is 11.4 Å². The average molecular weight is 509 g/mol. The predicted molar refractivity (Wildman–Crippen MR) is 168 cm³/mol. The van der Waals surface area contributed by atoms with Crippen LogP contribution in [0.15, 0.2) is 146 Å². The summed E-state index contributed by atoms with van der Waals surface area (Å²) >= 11 is 0. The van der Waals surface area contributed by atoms with Crippen molar-refractivity contribution in [3.05, 3.63) is 146 Å². The molecule has 0 aliphatic rings. The number of hydrogen-bond acceptors (Lipinski definition) is 2. The van der Waals surface area contributed by atoms with Crippen molar-refractivity contribution in [2.24, 2.45) is 0 Å². The van der Waals surface area contributed by atoms with Crippen molar-refractivity contribution < 1.29 is 0 Å². The highest BCUT2D eigenvalue weighted by Gasteiger charge is 2.19. The van der Waals surface area contributed by atoms with Gasteiger partial charge in [-0.1, -0.05) is 103 Å². The molecule has 0 saturated carbocycles. The molecular weight excluding hydrogens is 484 g/mol. The van der Waals surface area contributed by atoms with Crippen LogP contribution in [0.25, 0.3) is 76.7 Å². The molecule has 0 radical (unpaired) electrons. The first kappa shape index (κ1) is 22.6. The molecule has 2 heterocycles. The minimum absolute atomic E-state index is 0.942. The molecule has 0 saturated heterocycles. The number of fused-ring (bicyclic) bond motifs is 5. The smallest absolute Gasteiger partial charge is 0.0722 e. The van der Waals surface area contributed by atoms with Gasteiger partial charge in [-0.25, -0.2) is 4.98 Å². The second-order valence-corrected chi connectivity index (χ2v) is 10.2. The van der Waals surface area contributed by atoms with E-state index < -0.39 is 0 Å². The summed E-state index contributed by atoms with van der Waals surface area (Å²) < 4.78 is 0. The van der Waals surface area contributed by atoms with Crippen molar-refractivity contribution in [1.82, 2.24) is 9.97 Å². The van der Waals surface area contributed by atoms with E-state index in [0.717, 1.165) is 22.5 Å². The molecule has 2 nitrogen and oxygen atoms in total. The molecular formula is C38H24N2. The average Bonchev–Trinajstić information content (AvgIpc) is 3.04. The molecule has 0 atom stereocenters. The topological polar surface area (TPSA) is 25.8 Å². The second kappa shape index (κ2) is 9.14. The molecule has 0 fully saturated rings. The number of benzene rings is 6. The zero-order chi connectivity index (χ0) is 26.5. The Morgan fingerprint density at radius 1 is 0.375 bits per heavy atom. The van der Waals surface area contributed by atoms with Gasteiger partial charge >= 0.3 is 0 Å². The molecule has 2 aromatic heterocycles. The summed E-state index contributed by atoms with van der Waals surface area (Å²) in [6.45, 7) is 0. The maximum atomic E-state index is 5.18. The first-order valence-electron chi connectivity index (χ1n) is 13.6. The van der Waals surface area contributed by atoms with Crippen molar-refractivity contribution in [1.29, 1.82) is 0 Å². The first-order chi connectivity index (χ1) is 19.9. The summed E-state index contributed by atoms with van der Waals surface area (Å²) in [5.74, 6) is 0. The molecule has 8 aromatic rings. The van der Waals surface area contributed by atoms with Crippen LogP contribution in [0.2, 0.25) is 0 Å². The number of pyridine rings is 2. The molecule has 6 aromatic carbocycles. The van der Waals surface area contributed by atoms with Gasteiger partial charge in [0, 0.05) is 23.5 Å². The largest absolute Gasteiger partial charge is 0.265 e. The van der Waals surface area contributed by atoms with E-state index in [4.69, 9.17) is 4.98 Å². The minimum atomic E-state index is 0.942. The molecule has 0 aliphatic heterocycles. The van der Waals surface area contributed by atoms with Gasteiger partial charge in [0.1, 0.15) is 0 Å². The van der Waals surface area contributed by atoms with E-state index in [1.54, 1.807) is 0 Å². The third-order valence-corrected chi connectivity index (χ3v) is 7.95. The van der Waals surface area contributed by atoms with Gasteiger partial charge in [0.2, 0.25) is 0 Å². The van der Waals surface area contributed by atoms with Gasteiger partial charge in [-0.2, -0.15) is 0 Å². The zero-order valence-corrected chi connectivity index (χ0v) is 21.8. The lowest BCUT2D eigenvalue weighted by Gasteiger charge is -2.19. The Labute approximate surface area is 232 Å². The monoisotopic (exact) mass is 508 g/mol. The number of hydrogen-bond donors (Lipinski definition) is 0. The Balaban J connectivity index is 1.50. The molecule has 0 amide bonds. The fourth-order valence-corrected chi connectivity index (χ4v) is 6.21. The standard InChI is InChI=1S/C38H24N2/c1-2-11-27-26(10-1)24-34(29-13-4-3-12-28(27)29)37-30-14-5-7-16-32(30)38(33-17-8-6-15-31(33)37)36-19-9-18-35(40-36)25-20-22-39-23-21-25/h1-24H. The van der Waals surface area contributed by atoms with Gasteiger partial charge in [-0.15, -0.1) is 0 Å². The third-order valence-electron chi connectivity index (χ3n) is 7.95. The van der Waals surface area contributed by atoms with E-state index in [9.17, 15) is 0 Å². The third kappa shape index (κ3) is 3.50. The fraction of sp³-hybridized carbons (Fsp3) is 0. The lowest BCUT2D eigenvalue weighted by molar-refractivity contribution is 1.29. The van der Waals surface area contributed by atoms with Crippen LogP contribution in [0.1, 0.15) is 0 Å². The molecule has 0 unspecified atom stereocenters. The molecule has 0 spiro atoms. The molecule has 8 rings (SSSR count). The van der Waals surface area contributed by atoms with Crippen LogP contribution in [-0.4, -0.2) is 9.97 Å². The van der Waals surface area contributed by atoms with Crippen LogP contribution < -0.4 is 0 Å². The van der Waals surface area contributed by atoms with Gasteiger partial charge in [-0.05, 0) is 84.5 Å². The van der Waals surface area contributed by atoms with Gasteiger partial charge in [0.15, 0.2) is 0 Å². The van der Waals surface area contributed by atoms with Crippen LogP contribution in [-0.2, 0) is 0 Å². The van der Waals surface area contributed by atoms with E-state index in [2.05, 4.69) is 126 Å². The Kier molecular flexibility index (Phi) is 5.17. The van der Waals surface area contributed by atoms with Crippen LogP contribution in [0, 0.1) is 0 Å². The van der Waals surface area contributed by atoms with E-state index >= 15 is 0 Å². The summed E-state index contributed by atoms with van der Waals surface area (Å²) in [5.41, 5.74) is 6.66. The Bertz CT molecular complexity index is 2160. The number of rotatable bonds is 3. The minimum Gasteiger partial charge on any atom is -0.265 e. The maximum Gasteiger partial charge on any atom is 0.0722 e. The Morgan fingerprint density at radius 3 is 1.57 bits per heavy atom. The van der Waals surface area contributed by atoms with Crippen LogP contribution >= 0.6 is 0 Å². The highest BCUT2D eigenvalue weighted by atomic mass is 14.7.